The van der Waals surface area contributed by atoms with E-state index in [4.69, 9.17) is 21.1 Å². The Hall–Kier alpha value is -2.99. The van der Waals surface area contributed by atoms with Crippen molar-refractivity contribution >= 4 is 34.7 Å². The summed E-state index contributed by atoms with van der Waals surface area (Å²) in [6.45, 7) is 4.13. The van der Waals surface area contributed by atoms with Crippen LogP contribution in [-0.4, -0.2) is 16.8 Å². The second-order valence-corrected chi connectivity index (χ2v) is 6.41. The molecule has 2 heterocycles. The largest absolute Gasteiger partial charge is 0.454 e. The Morgan fingerprint density at radius 2 is 1.65 bits per heavy atom. The Morgan fingerprint density at radius 3 is 2.50 bits per heavy atom. The van der Waals surface area contributed by atoms with Crippen LogP contribution in [0, 0.1) is 13.8 Å². The van der Waals surface area contributed by atoms with Crippen LogP contribution in [0.25, 0.3) is 0 Å². The lowest BCUT2D eigenvalue weighted by Crippen LogP contribution is -2.02. The first-order chi connectivity index (χ1) is 12.6. The van der Waals surface area contributed by atoms with Crippen molar-refractivity contribution in [2.24, 2.45) is 0 Å². The summed E-state index contributed by atoms with van der Waals surface area (Å²) in [5.41, 5.74) is 3.56. The van der Waals surface area contributed by atoms with Crippen molar-refractivity contribution in [1.82, 2.24) is 9.97 Å². The molecule has 0 fully saturated rings. The Balaban J connectivity index is 1.56. The number of hydrogen-bond donors (Lipinski definition) is 2. The van der Waals surface area contributed by atoms with Gasteiger partial charge in [-0.1, -0.05) is 17.7 Å². The van der Waals surface area contributed by atoms with E-state index in [1.165, 1.54) is 0 Å². The molecule has 7 heteroatoms. The van der Waals surface area contributed by atoms with E-state index in [1.807, 2.05) is 56.3 Å². The van der Waals surface area contributed by atoms with Gasteiger partial charge in [-0.2, -0.15) is 4.98 Å². The molecule has 0 saturated heterocycles. The van der Waals surface area contributed by atoms with Crippen molar-refractivity contribution in [2.75, 3.05) is 17.4 Å². The molecule has 132 valence electrons. The summed E-state index contributed by atoms with van der Waals surface area (Å²) in [6, 6.07) is 13.3. The molecular weight excluding hydrogens is 352 g/mol. The highest BCUT2D eigenvalue weighted by Crippen LogP contribution is 2.35. The minimum absolute atomic E-state index is 0.243. The van der Waals surface area contributed by atoms with Gasteiger partial charge in [0, 0.05) is 34.2 Å². The zero-order chi connectivity index (χ0) is 18.1. The van der Waals surface area contributed by atoms with E-state index in [0.29, 0.717) is 22.5 Å². The van der Waals surface area contributed by atoms with Crippen LogP contribution in [-0.2, 0) is 0 Å². The smallest absolute Gasteiger partial charge is 0.231 e. The van der Waals surface area contributed by atoms with Crippen molar-refractivity contribution in [3.05, 3.63) is 58.7 Å². The van der Waals surface area contributed by atoms with Gasteiger partial charge in [0.15, 0.2) is 11.5 Å². The van der Waals surface area contributed by atoms with Crippen LogP contribution in [0.2, 0.25) is 5.02 Å². The normalized spacial score (nSPS) is 12.1. The molecule has 4 rings (SSSR count). The molecular formula is C19H17ClN4O2. The molecule has 1 aliphatic heterocycles. The van der Waals surface area contributed by atoms with Crippen LogP contribution in [0.15, 0.2) is 42.5 Å². The average molecular weight is 369 g/mol. The number of benzene rings is 2. The van der Waals surface area contributed by atoms with Crippen LogP contribution < -0.4 is 20.1 Å². The van der Waals surface area contributed by atoms with E-state index in [1.54, 1.807) is 0 Å². The molecule has 0 bridgehead atoms. The maximum Gasteiger partial charge on any atom is 0.231 e. The number of halogens is 1. The lowest BCUT2D eigenvalue weighted by atomic mass is 10.2. The fourth-order valence-electron chi connectivity index (χ4n) is 2.61. The van der Waals surface area contributed by atoms with Crippen LogP contribution >= 0.6 is 11.6 Å². The topological polar surface area (TPSA) is 68.3 Å². The molecule has 6 nitrogen and oxygen atoms in total. The Kier molecular flexibility index (Phi) is 4.26. The van der Waals surface area contributed by atoms with Gasteiger partial charge in [-0.3, -0.25) is 0 Å². The number of anilines is 4. The first-order valence-electron chi connectivity index (χ1n) is 8.12. The highest BCUT2D eigenvalue weighted by molar-refractivity contribution is 6.31. The minimum atomic E-state index is 0.243. The SMILES string of the molecule is Cc1cc(Nc2ccc(C)c(Cl)c2)nc(Nc2ccc3c(c2)OCO3)n1. The molecule has 0 radical (unpaired) electrons. The van der Waals surface area contributed by atoms with E-state index in [0.717, 1.165) is 28.4 Å². The molecule has 26 heavy (non-hydrogen) atoms. The first-order valence-corrected chi connectivity index (χ1v) is 8.50. The summed E-state index contributed by atoms with van der Waals surface area (Å²) in [7, 11) is 0. The number of rotatable bonds is 4. The molecule has 1 aromatic heterocycles. The number of hydrogen-bond acceptors (Lipinski definition) is 6. The number of ether oxygens (including phenoxy) is 2. The molecule has 0 amide bonds. The third-order valence-electron chi connectivity index (χ3n) is 3.93. The number of nitrogens with one attached hydrogen (secondary N) is 2. The second-order valence-electron chi connectivity index (χ2n) is 6.00. The van der Waals surface area contributed by atoms with Crippen LogP contribution in [0.4, 0.5) is 23.1 Å². The molecule has 0 spiro atoms. The molecule has 3 aromatic rings. The maximum absolute atomic E-state index is 6.19. The number of aryl methyl sites for hydroxylation is 2. The lowest BCUT2D eigenvalue weighted by molar-refractivity contribution is 0.174. The summed E-state index contributed by atoms with van der Waals surface area (Å²) in [5, 5.41) is 7.17. The third kappa shape index (κ3) is 3.50. The second kappa shape index (κ2) is 6.72. The van der Waals surface area contributed by atoms with Crippen molar-refractivity contribution in [1.29, 1.82) is 0 Å². The van der Waals surface area contributed by atoms with Crippen LogP contribution in [0.3, 0.4) is 0 Å². The maximum atomic E-state index is 6.19. The van der Waals surface area contributed by atoms with Crippen molar-refractivity contribution in [3.63, 3.8) is 0 Å². The van der Waals surface area contributed by atoms with Gasteiger partial charge in [-0.05, 0) is 43.7 Å². The molecule has 0 atom stereocenters. The molecule has 0 unspecified atom stereocenters. The number of nitrogens with zero attached hydrogens (tertiary/aromatic N) is 2. The van der Waals surface area contributed by atoms with E-state index in [9.17, 15) is 0 Å². The van der Waals surface area contributed by atoms with Gasteiger partial charge >= 0.3 is 0 Å². The predicted molar refractivity (Wildman–Crippen MR) is 102 cm³/mol. The number of aromatic nitrogens is 2. The van der Waals surface area contributed by atoms with Crippen LogP contribution in [0.5, 0.6) is 11.5 Å². The van der Waals surface area contributed by atoms with E-state index in [-0.39, 0.29) is 6.79 Å². The third-order valence-corrected chi connectivity index (χ3v) is 4.33. The predicted octanol–water partition coefficient (Wildman–Crippen LogP) is 4.96. The van der Waals surface area contributed by atoms with Crippen molar-refractivity contribution in [2.45, 2.75) is 13.8 Å². The first kappa shape index (κ1) is 16.5. The molecule has 2 N–H and O–H groups in total. The molecule has 1 aliphatic rings. The standard InChI is InChI=1S/C19H17ClN4O2/c1-11-3-4-13(8-15(11)20)22-18-7-12(2)21-19(24-18)23-14-5-6-16-17(9-14)26-10-25-16/h3-9H,10H2,1-2H3,(H2,21,22,23,24). The molecule has 0 aliphatic carbocycles. The van der Waals surface area contributed by atoms with Gasteiger partial charge in [0.1, 0.15) is 5.82 Å². The zero-order valence-electron chi connectivity index (χ0n) is 14.3. The Bertz CT molecular complexity index is 978. The van der Waals surface area contributed by atoms with Gasteiger partial charge < -0.3 is 20.1 Å². The van der Waals surface area contributed by atoms with Crippen LogP contribution in [0.1, 0.15) is 11.3 Å². The van der Waals surface area contributed by atoms with Crippen molar-refractivity contribution < 1.29 is 9.47 Å². The highest BCUT2D eigenvalue weighted by Gasteiger charge is 2.14. The van der Waals surface area contributed by atoms with Gasteiger partial charge in [-0.25, -0.2) is 4.98 Å². The van der Waals surface area contributed by atoms with Gasteiger partial charge in [0.2, 0.25) is 12.7 Å². The summed E-state index contributed by atoms with van der Waals surface area (Å²) in [5.74, 6) is 2.61. The summed E-state index contributed by atoms with van der Waals surface area (Å²) < 4.78 is 10.7. The minimum Gasteiger partial charge on any atom is -0.454 e. The quantitative estimate of drug-likeness (QED) is 0.678. The van der Waals surface area contributed by atoms with E-state index < -0.39 is 0 Å². The summed E-state index contributed by atoms with van der Waals surface area (Å²) >= 11 is 6.19. The van der Waals surface area contributed by atoms with Gasteiger partial charge in [0.25, 0.3) is 0 Å². The fraction of sp³-hybridized carbons (Fsp3) is 0.158. The lowest BCUT2D eigenvalue weighted by Gasteiger charge is -2.11. The number of fused-ring (bicyclic) bond motifs is 1. The fourth-order valence-corrected chi connectivity index (χ4v) is 2.79. The zero-order valence-corrected chi connectivity index (χ0v) is 15.1. The average Bonchev–Trinajstić information content (AvgIpc) is 3.05. The monoisotopic (exact) mass is 368 g/mol. The Labute approximate surface area is 156 Å². The Morgan fingerprint density at radius 1 is 0.885 bits per heavy atom. The highest BCUT2D eigenvalue weighted by atomic mass is 35.5. The molecule has 0 saturated carbocycles. The van der Waals surface area contributed by atoms with Gasteiger partial charge in [0.05, 0.1) is 0 Å². The summed E-state index contributed by atoms with van der Waals surface area (Å²) in [6.07, 6.45) is 0. The van der Waals surface area contributed by atoms with E-state index in [2.05, 4.69) is 20.6 Å². The van der Waals surface area contributed by atoms with Crippen molar-refractivity contribution in [3.8, 4) is 11.5 Å². The van der Waals surface area contributed by atoms with Gasteiger partial charge in [-0.15, -0.1) is 0 Å². The summed E-state index contributed by atoms with van der Waals surface area (Å²) in [4.78, 5) is 8.96. The van der Waals surface area contributed by atoms with E-state index >= 15 is 0 Å². The molecule has 2 aromatic carbocycles.